The number of fused-ring (bicyclic) bond motifs is 4. The number of rotatable bonds is 6. The Morgan fingerprint density at radius 1 is 0.980 bits per heavy atom. The van der Waals surface area contributed by atoms with Gasteiger partial charge in [0.1, 0.15) is 29.4 Å². The largest absolute Gasteiger partial charge is 0.469 e. The molecule has 1 unspecified atom stereocenters. The molecule has 49 heavy (non-hydrogen) atoms. The van der Waals surface area contributed by atoms with Gasteiger partial charge in [-0.1, -0.05) is 88.4 Å². The van der Waals surface area contributed by atoms with Crippen LogP contribution in [-0.4, -0.2) is 45.3 Å². The molecule has 0 saturated heterocycles. The molecular weight excluding hydrogens is 622 g/mol. The summed E-state index contributed by atoms with van der Waals surface area (Å²) in [6.45, 7) is 7.42. The number of oxazole rings is 2. The molecule has 2 amide bonds. The fraction of sp³-hybridized carbons (Fsp3) is 0.316. The number of amides is 2. The second-order valence-electron chi connectivity index (χ2n) is 13.6. The summed E-state index contributed by atoms with van der Waals surface area (Å²) >= 11 is 0. The number of aliphatic hydroxyl groups is 1. The van der Waals surface area contributed by atoms with E-state index in [-0.39, 0.29) is 30.0 Å². The highest BCUT2D eigenvalue weighted by molar-refractivity contribution is 5.90. The van der Waals surface area contributed by atoms with Crippen molar-refractivity contribution in [1.29, 1.82) is 0 Å². The van der Waals surface area contributed by atoms with Crippen molar-refractivity contribution in [2.75, 3.05) is 5.32 Å². The molecule has 11 nitrogen and oxygen atoms in total. The molecule has 4 bridgehead atoms. The zero-order valence-electron chi connectivity index (χ0n) is 27.6. The predicted molar refractivity (Wildman–Crippen MR) is 180 cm³/mol. The number of para-hydroxylation sites is 1. The second kappa shape index (κ2) is 11.6. The number of benzene rings is 3. The molecule has 1 spiro atoms. The summed E-state index contributed by atoms with van der Waals surface area (Å²) in [5.41, 5.74) is 3.67. The van der Waals surface area contributed by atoms with Crippen LogP contribution in [-0.2, 0) is 21.4 Å². The maximum atomic E-state index is 14.0. The molecule has 0 radical (unpaired) electrons. The maximum Gasteiger partial charge on any atom is 0.249 e. The lowest BCUT2D eigenvalue weighted by atomic mass is 9.72. The summed E-state index contributed by atoms with van der Waals surface area (Å²) in [7, 11) is 0. The van der Waals surface area contributed by atoms with Crippen molar-refractivity contribution in [2.45, 2.75) is 63.9 Å². The maximum absolute atomic E-state index is 14.0. The number of nitrogens with one attached hydrogen (secondary N) is 3. The number of aliphatic hydroxyl groups excluding tert-OH is 1. The third-order valence-electron chi connectivity index (χ3n) is 9.72. The number of carbonyl (C=O) groups is 2. The minimum absolute atomic E-state index is 0.163. The van der Waals surface area contributed by atoms with Crippen LogP contribution in [0, 0.1) is 11.8 Å². The zero-order chi connectivity index (χ0) is 34.0. The molecule has 2 aromatic heterocycles. The van der Waals surface area contributed by atoms with E-state index in [4.69, 9.17) is 23.5 Å². The first-order valence-corrected chi connectivity index (χ1v) is 16.6. The molecule has 5 aromatic rings. The summed E-state index contributed by atoms with van der Waals surface area (Å²) in [6, 6.07) is 21.8. The van der Waals surface area contributed by atoms with Gasteiger partial charge < -0.3 is 34.6 Å². The van der Waals surface area contributed by atoms with Gasteiger partial charge in [-0.3, -0.25) is 9.59 Å². The summed E-state index contributed by atoms with van der Waals surface area (Å²) in [4.78, 5) is 36.9. The highest BCUT2D eigenvalue weighted by atomic mass is 16.5. The summed E-state index contributed by atoms with van der Waals surface area (Å²) in [5, 5.41) is 20.0. The van der Waals surface area contributed by atoms with Crippen molar-refractivity contribution in [1.82, 2.24) is 20.6 Å². The Morgan fingerprint density at radius 2 is 1.76 bits per heavy atom. The molecule has 0 aliphatic carbocycles. The van der Waals surface area contributed by atoms with Crippen molar-refractivity contribution in [3.63, 3.8) is 0 Å². The summed E-state index contributed by atoms with van der Waals surface area (Å²) in [6.07, 6.45) is -0.0162. The quantitative estimate of drug-likeness (QED) is 0.189. The number of carbonyl (C=O) groups excluding carboxylic acids is 2. The molecule has 0 saturated carbocycles. The first-order valence-electron chi connectivity index (χ1n) is 16.6. The summed E-state index contributed by atoms with van der Waals surface area (Å²) in [5.74, 6) is 0.700. The van der Waals surface area contributed by atoms with Gasteiger partial charge >= 0.3 is 0 Å². The molecule has 0 fully saturated rings. The zero-order valence-corrected chi connectivity index (χ0v) is 27.6. The normalized spacial score (nSPS) is 22.7. The minimum atomic E-state index is -1.27. The molecule has 11 heteroatoms. The Balaban J connectivity index is 1.36. The number of hydrogen-bond acceptors (Lipinski definition) is 9. The standard InChI is InChI=1S/C38H37N5O6/c1-19(2)29-36-43-30(35-39-18-28(47-35)22-10-6-5-7-11-22)32(49-36)38-23-12-8-9-13-25(23)41-37(38)48-27-15-14-21(16-24(27)38)17-26(33(45)42-29)40-34(46)31(44)20(3)4/h5-16,18-20,26,29,31,37,41,44H,17H2,1-4H3,(H,40,46)(H,42,45)/t26-,29-,31-,37?,38-/m0/s1. The highest BCUT2D eigenvalue weighted by Crippen LogP contribution is 2.59. The van der Waals surface area contributed by atoms with Crippen LogP contribution in [0.25, 0.3) is 22.9 Å². The van der Waals surface area contributed by atoms with Crippen molar-refractivity contribution in [3.05, 3.63) is 107 Å². The van der Waals surface area contributed by atoms with Gasteiger partial charge in [0.15, 0.2) is 23.4 Å². The summed E-state index contributed by atoms with van der Waals surface area (Å²) < 4.78 is 19.9. The van der Waals surface area contributed by atoms with E-state index in [0.717, 1.165) is 27.9 Å². The lowest BCUT2D eigenvalue weighted by Gasteiger charge is -2.29. The van der Waals surface area contributed by atoms with E-state index in [2.05, 4.69) is 16.0 Å². The van der Waals surface area contributed by atoms with Crippen LogP contribution in [0.5, 0.6) is 5.75 Å². The highest BCUT2D eigenvalue weighted by Gasteiger charge is 2.61. The van der Waals surface area contributed by atoms with Crippen LogP contribution in [0.1, 0.15) is 62.1 Å². The molecule has 3 aliphatic heterocycles. The molecule has 250 valence electrons. The number of ether oxygens (including phenoxy) is 1. The van der Waals surface area contributed by atoms with Gasteiger partial charge in [0.2, 0.25) is 23.6 Å². The van der Waals surface area contributed by atoms with Gasteiger partial charge in [-0.25, -0.2) is 9.97 Å². The molecule has 3 aromatic carbocycles. The van der Waals surface area contributed by atoms with Crippen molar-refractivity contribution in [3.8, 4) is 28.7 Å². The first kappa shape index (κ1) is 30.9. The van der Waals surface area contributed by atoms with E-state index in [1.54, 1.807) is 20.0 Å². The first-order chi connectivity index (χ1) is 23.6. The van der Waals surface area contributed by atoms with Gasteiger partial charge in [-0.05, 0) is 35.1 Å². The third kappa shape index (κ3) is 4.90. The van der Waals surface area contributed by atoms with E-state index in [0.29, 0.717) is 23.0 Å². The molecule has 8 rings (SSSR count). The Kier molecular flexibility index (Phi) is 7.33. The van der Waals surface area contributed by atoms with E-state index in [1.807, 2.05) is 86.6 Å². The van der Waals surface area contributed by atoms with Gasteiger partial charge in [0.05, 0.1) is 6.20 Å². The smallest absolute Gasteiger partial charge is 0.249 e. The van der Waals surface area contributed by atoms with Crippen molar-refractivity contribution >= 4 is 17.5 Å². The SMILES string of the molecule is CC(C)[C@H](O)C(=O)N[C@H]1Cc2ccc3c(c2)[C@@]2(c4ccccc4NC2O3)c2oc(nc2-c2ncc(-c3ccccc3)o2)[C@H](C(C)C)NC1=O. The Bertz CT molecular complexity index is 2070. The van der Waals surface area contributed by atoms with Gasteiger partial charge in [0, 0.05) is 23.2 Å². The van der Waals surface area contributed by atoms with Crippen LogP contribution in [0.2, 0.25) is 0 Å². The molecular formula is C38H37N5O6. The van der Waals surface area contributed by atoms with Crippen LogP contribution in [0.4, 0.5) is 5.69 Å². The number of nitrogens with zero attached hydrogens (tertiary/aromatic N) is 2. The van der Waals surface area contributed by atoms with Crippen molar-refractivity contribution in [2.24, 2.45) is 11.8 Å². The van der Waals surface area contributed by atoms with Crippen molar-refractivity contribution < 1.29 is 28.3 Å². The van der Waals surface area contributed by atoms with Crippen LogP contribution in [0.15, 0.2) is 87.8 Å². The average molecular weight is 660 g/mol. The third-order valence-corrected chi connectivity index (χ3v) is 9.72. The average Bonchev–Trinajstić information content (AvgIpc) is 3.87. The minimum Gasteiger partial charge on any atom is -0.469 e. The molecule has 5 atom stereocenters. The second-order valence-corrected chi connectivity index (χ2v) is 13.6. The van der Waals surface area contributed by atoms with E-state index in [9.17, 15) is 14.7 Å². The fourth-order valence-corrected chi connectivity index (χ4v) is 7.13. The van der Waals surface area contributed by atoms with Crippen LogP contribution in [0.3, 0.4) is 0 Å². The molecule has 3 aliphatic rings. The van der Waals surface area contributed by atoms with Crippen LogP contribution < -0.4 is 20.7 Å². The Hall–Kier alpha value is -5.42. The fourth-order valence-electron chi connectivity index (χ4n) is 7.13. The number of anilines is 1. The van der Waals surface area contributed by atoms with Gasteiger partial charge in [0.25, 0.3) is 0 Å². The van der Waals surface area contributed by atoms with Gasteiger partial charge in [-0.2, -0.15) is 0 Å². The predicted octanol–water partition coefficient (Wildman–Crippen LogP) is 5.35. The number of hydrogen-bond donors (Lipinski definition) is 4. The lowest BCUT2D eigenvalue weighted by molar-refractivity contribution is -0.135. The molecule has 5 heterocycles. The Labute approximate surface area is 283 Å². The van der Waals surface area contributed by atoms with Crippen LogP contribution >= 0.6 is 0 Å². The monoisotopic (exact) mass is 659 g/mol. The number of aromatic nitrogens is 2. The molecule has 4 N–H and O–H groups in total. The van der Waals surface area contributed by atoms with E-state index < -0.39 is 41.6 Å². The topological polar surface area (TPSA) is 152 Å². The van der Waals surface area contributed by atoms with E-state index in [1.165, 1.54) is 0 Å². The Morgan fingerprint density at radius 3 is 2.53 bits per heavy atom. The van der Waals surface area contributed by atoms with E-state index >= 15 is 0 Å². The lowest BCUT2D eigenvalue weighted by Crippen LogP contribution is -2.52. The van der Waals surface area contributed by atoms with Gasteiger partial charge in [-0.15, -0.1) is 0 Å².